The van der Waals surface area contributed by atoms with Crippen molar-refractivity contribution in [3.8, 4) is 0 Å². The molecule has 5 heteroatoms. The van der Waals surface area contributed by atoms with E-state index < -0.39 is 0 Å². The lowest BCUT2D eigenvalue weighted by Crippen LogP contribution is -2.50. The minimum atomic E-state index is -0.0525. The second-order valence-corrected chi connectivity index (χ2v) is 5.55. The fraction of sp³-hybridized carbons (Fsp3) is 0.857. The smallest absolute Gasteiger partial charge is 0.242 e. The Bertz CT molecular complexity index is 333. The van der Waals surface area contributed by atoms with Crippen molar-refractivity contribution >= 4 is 11.8 Å². The number of amides is 2. The number of rotatable bonds is 3. The van der Waals surface area contributed by atoms with Gasteiger partial charge in [-0.15, -0.1) is 0 Å². The van der Waals surface area contributed by atoms with Gasteiger partial charge in [0.1, 0.15) is 0 Å². The Kier molecular flexibility index (Phi) is 5.19. The number of hydrogen-bond acceptors (Lipinski definition) is 3. The summed E-state index contributed by atoms with van der Waals surface area (Å²) < 4.78 is 0. The maximum atomic E-state index is 12.3. The topological polar surface area (TPSA) is 60.9 Å². The number of aliphatic hydroxyl groups is 1. The molecule has 0 aliphatic carbocycles. The van der Waals surface area contributed by atoms with E-state index in [1.54, 1.807) is 9.80 Å². The van der Waals surface area contributed by atoms with Crippen LogP contribution in [-0.4, -0.2) is 59.0 Å². The molecule has 1 N–H and O–H groups in total. The SMILES string of the molecule is O=C1CCCCCN1CC(=O)N1CCCCC1CO. The highest BCUT2D eigenvalue weighted by Crippen LogP contribution is 2.18. The van der Waals surface area contributed by atoms with E-state index in [1.165, 1.54) is 0 Å². The van der Waals surface area contributed by atoms with Crippen molar-refractivity contribution in [2.24, 2.45) is 0 Å². The lowest BCUT2D eigenvalue weighted by atomic mass is 10.0. The summed E-state index contributed by atoms with van der Waals surface area (Å²) in [6.45, 7) is 1.63. The third-order valence-electron chi connectivity index (χ3n) is 4.16. The molecule has 2 saturated heterocycles. The first kappa shape index (κ1) is 14.3. The van der Waals surface area contributed by atoms with Crippen molar-refractivity contribution in [3.63, 3.8) is 0 Å². The molecule has 2 amide bonds. The normalized spacial score (nSPS) is 25.3. The largest absolute Gasteiger partial charge is 0.394 e. The minimum absolute atomic E-state index is 0.00556. The molecule has 2 fully saturated rings. The van der Waals surface area contributed by atoms with E-state index in [-0.39, 0.29) is 31.0 Å². The Morgan fingerprint density at radius 3 is 2.74 bits per heavy atom. The highest BCUT2D eigenvalue weighted by Gasteiger charge is 2.28. The molecule has 2 aliphatic heterocycles. The van der Waals surface area contributed by atoms with Gasteiger partial charge in [0.2, 0.25) is 11.8 Å². The molecule has 0 bridgehead atoms. The van der Waals surface area contributed by atoms with Crippen LogP contribution in [0.4, 0.5) is 0 Å². The Hall–Kier alpha value is -1.10. The van der Waals surface area contributed by atoms with E-state index in [0.29, 0.717) is 19.5 Å². The van der Waals surface area contributed by atoms with Crippen molar-refractivity contribution in [2.75, 3.05) is 26.2 Å². The molecule has 0 saturated carbocycles. The highest BCUT2D eigenvalue weighted by atomic mass is 16.3. The fourth-order valence-electron chi connectivity index (χ4n) is 2.98. The van der Waals surface area contributed by atoms with Gasteiger partial charge in [0.25, 0.3) is 0 Å². The van der Waals surface area contributed by atoms with Gasteiger partial charge in [-0.2, -0.15) is 0 Å². The van der Waals surface area contributed by atoms with Crippen LogP contribution in [0.2, 0.25) is 0 Å². The predicted octanol–water partition coefficient (Wildman–Crippen LogP) is 0.762. The van der Waals surface area contributed by atoms with E-state index in [2.05, 4.69) is 0 Å². The summed E-state index contributed by atoms with van der Waals surface area (Å²) in [4.78, 5) is 27.7. The van der Waals surface area contributed by atoms with Crippen molar-refractivity contribution < 1.29 is 14.7 Å². The van der Waals surface area contributed by atoms with E-state index in [9.17, 15) is 14.7 Å². The first-order chi connectivity index (χ1) is 9.22. The molecule has 0 radical (unpaired) electrons. The molecule has 0 aromatic heterocycles. The summed E-state index contributed by atoms with van der Waals surface area (Å²) in [5.74, 6) is 0.0948. The molecule has 5 nitrogen and oxygen atoms in total. The lowest BCUT2D eigenvalue weighted by Gasteiger charge is -2.36. The first-order valence-corrected chi connectivity index (χ1v) is 7.40. The van der Waals surface area contributed by atoms with Crippen LogP contribution >= 0.6 is 0 Å². The van der Waals surface area contributed by atoms with E-state index in [4.69, 9.17) is 0 Å². The monoisotopic (exact) mass is 268 g/mol. The molecule has 19 heavy (non-hydrogen) atoms. The zero-order valence-corrected chi connectivity index (χ0v) is 11.5. The summed E-state index contributed by atoms with van der Waals surface area (Å²) in [6, 6.07) is -0.0525. The third kappa shape index (κ3) is 3.69. The van der Waals surface area contributed by atoms with Crippen LogP contribution in [0.3, 0.4) is 0 Å². The third-order valence-corrected chi connectivity index (χ3v) is 4.16. The molecule has 2 aliphatic rings. The number of nitrogens with zero attached hydrogens (tertiary/aromatic N) is 2. The van der Waals surface area contributed by atoms with E-state index in [0.717, 1.165) is 38.5 Å². The second-order valence-electron chi connectivity index (χ2n) is 5.55. The van der Waals surface area contributed by atoms with Gasteiger partial charge in [0.15, 0.2) is 0 Å². The number of likely N-dealkylation sites (tertiary alicyclic amines) is 2. The number of piperidine rings is 1. The summed E-state index contributed by atoms with van der Waals surface area (Å²) in [5.41, 5.74) is 0. The van der Waals surface area contributed by atoms with Crippen LogP contribution in [0, 0.1) is 0 Å². The van der Waals surface area contributed by atoms with Crippen molar-refractivity contribution in [1.29, 1.82) is 0 Å². The Morgan fingerprint density at radius 1 is 1.16 bits per heavy atom. The molecule has 0 spiro atoms. The fourth-order valence-corrected chi connectivity index (χ4v) is 2.98. The van der Waals surface area contributed by atoms with Crippen molar-refractivity contribution in [2.45, 2.75) is 51.0 Å². The summed E-state index contributed by atoms with van der Waals surface area (Å²) >= 11 is 0. The van der Waals surface area contributed by atoms with Crippen LogP contribution in [0.1, 0.15) is 44.9 Å². The van der Waals surface area contributed by atoms with Gasteiger partial charge < -0.3 is 14.9 Å². The molecule has 1 atom stereocenters. The lowest BCUT2D eigenvalue weighted by molar-refractivity contribution is -0.143. The average molecular weight is 268 g/mol. The molecule has 1 unspecified atom stereocenters. The number of carbonyl (C=O) groups excluding carboxylic acids is 2. The van der Waals surface area contributed by atoms with Gasteiger partial charge in [0, 0.05) is 19.5 Å². The van der Waals surface area contributed by atoms with E-state index >= 15 is 0 Å². The Morgan fingerprint density at radius 2 is 1.95 bits per heavy atom. The first-order valence-electron chi connectivity index (χ1n) is 7.40. The molecular formula is C14H24N2O3. The van der Waals surface area contributed by atoms with Crippen LogP contribution in [0.15, 0.2) is 0 Å². The molecule has 2 heterocycles. The zero-order valence-electron chi connectivity index (χ0n) is 11.5. The van der Waals surface area contributed by atoms with Gasteiger partial charge in [-0.1, -0.05) is 6.42 Å². The van der Waals surface area contributed by atoms with Crippen LogP contribution in [-0.2, 0) is 9.59 Å². The van der Waals surface area contributed by atoms with Crippen LogP contribution in [0.5, 0.6) is 0 Å². The summed E-state index contributed by atoms with van der Waals surface area (Å²) in [7, 11) is 0. The molecular weight excluding hydrogens is 244 g/mol. The number of hydrogen-bond donors (Lipinski definition) is 1. The summed E-state index contributed by atoms with van der Waals surface area (Å²) in [6.07, 6.45) is 6.50. The van der Waals surface area contributed by atoms with Crippen LogP contribution < -0.4 is 0 Å². The standard InChI is InChI=1S/C14H24N2O3/c17-11-12-6-3-5-9-16(12)14(19)10-15-8-4-1-2-7-13(15)18/h12,17H,1-11H2. The zero-order chi connectivity index (χ0) is 13.7. The minimum Gasteiger partial charge on any atom is -0.394 e. The quantitative estimate of drug-likeness (QED) is 0.822. The van der Waals surface area contributed by atoms with Gasteiger partial charge in [-0.05, 0) is 32.1 Å². The Labute approximate surface area is 114 Å². The van der Waals surface area contributed by atoms with Gasteiger partial charge in [-0.25, -0.2) is 0 Å². The van der Waals surface area contributed by atoms with Gasteiger partial charge >= 0.3 is 0 Å². The van der Waals surface area contributed by atoms with E-state index in [1.807, 2.05) is 0 Å². The van der Waals surface area contributed by atoms with Crippen molar-refractivity contribution in [1.82, 2.24) is 9.80 Å². The summed E-state index contributed by atoms with van der Waals surface area (Å²) in [5, 5.41) is 9.34. The number of carbonyl (C=O) groups is 2. The predicted molar refractivity (Wildman–Crippen MR) is 71.5 cm³/mol. The maximum absolute atomic E-state index is 12.3. The molecule has 0 aromatic rings. The molecule has 108 valence electrons. The molecule has 0 aromatic carbocycles. The van der Waals surface area contributed by atoms with Crippen LogP contribution in [0.25, 0.3) is 0 Å². The average Bonchev–Trinajstić information content (AvgIpc) is 2.64. The second kappa shape index (κ2) is 6.89. The maximum Gasteiger partial charge on any atom is 0.242 e. The Balaban J connectivity index is 1.93. The van der Waals surface area contributed by atoms with Gasteiger partial charge in [-0.3, -0.25) is 9.59 Å². The van der Waals surface area contributed by atoms with Crippen molar-refractivity contribution in [3.05, 3.63) is 0 Å². The van der Waals surface area contributed by atoms with Gasteiger partial charge in [0.05, 0.1) is 19.2 Å². The highest BCUT2D eigenvalue weighted by molar-refractivity contribution is 5.85. The molecule has 2 rings (SSSR count). The number of aliphatic hydroxyl groups excluding tert-OH is 1.